The molecule has 0 radical (unpaired) electrons. The van der Waals surface area contributed by atoms with Gasteiger partial charge in [-0.1, -0.05) is 33.6 Å². The Labute approximate surface area is 147 Å². The van der Waals surface area contributed by atoms with Gasteiger partial charge in [-0.2, -0.15) is 0 Å². The molecule has 0 bridgehead atoms. The van der Waals surface area contributed by atoms with Crippen LogP contribution >= 0.6 is 15.9 Å². The molecule has 1 atom stereocenters. The van der Waals surface area contributed by atoms with Crippen LogP contribution in [0.25, 0.3) is 0 Å². The molecule has 1 N–H and O–H groups in total. The fraction of sp³-hybridized carbons (Fsp3) is 0.611. The van der Waals surface area contributed by atoms with E-state index >= 15 is 0 Å². The Morgan fingerprint density at radius 2 is 2.17 bits per heavy atom. The third-order valence-corrected chi connectivity index (χ3v) is 4.60. The largest absolute Gasteiger partial charge is 0.444 e. The number of ether oxygens (including phenoxy) is 1. The zero-order valence-corrected chi connectivity index (χ0v) is 16.1. The summed E-state index contributed by atoms with van der Waals surface area (Å²) in [6, 6.07) is 6.58. The number of nitrogens with one attached hydrogen (secondary N) is 1. The molecule has 1 aromatic rings. The van der Waals surface area contributed by atoms with Gasteiger partial charge in [-0.3, -0.25) is 4.90 Å². The number of hydrogen-bond donors (Lipinski definition) is 1. The second-order valence-electron chi connectivity index (χ2n) is 7.32. The van der Waals surface area contributed by atoms with Crippen LogP contribution in [-0.2, 0) is 11.3 Å². The highest BCUT2D eigenvalue weighted by Crippen LogP contribution is 2.22. The van der Waals surface area contributed by atoms with Gasteiger partial charge in [0.05, 0.1) is 0 Å². The number of amides is 1. The van der Waals surface area contributed by atoms with Crippen LogP contribution < -0.4 is 5.32 Å². The monoisotopic (exact) mass is 382 g/mol. The van der Waals surface area contributed by atoms with Gasteiger partial charge in [0.1, 0.15) is 5.60 Å². The van der Waals surface area contributed by atoms with E-state index in [4.69, 9.17) is 4.74 Å². The average Bonchev–Trinajstić information content (AvgIpc) is 2.41. The van der Waals surface area contributed by atoms with E-state index in [9.17, 15) is 4.79 Å². The summed E-state index contributed by atoms with van der Waals surface area (Å²) in [5.41, 5.74) is 2.11. The summed E-state index contributed by atoms with van der Waals surface area (Å²) in [5.74, 6) is 0. The van der Waals surface area contributed by atoms with E-state index in [0.29, 0.717) is 0 Å². The maximum absolute atomic E-state index is 11.9. The number of rotatable bonds is 3. The highest BCUT2D eigenvalue weighted by atomic mass is 79.9. The number of hydrogen-bond acceptors (Lipinski definition) is 3. The first-order valence-electron chi connectivity index (χ1n) is 8.20. The van der Waals surface area contributed by atoms with Crippen LogP contribution in [0.3, 0.4) is 0 Å². The molecule has 4 nitrogen and oxygen atoms in total. The van der Waals surface area contributed by atoms with Crippen LogP contribution in [0, 0.1) is 6.92 Å². The minimum Gasteiger partial charge on any atom is -0.444 e. The summed E-state index contributed by atoms with van der Waals surface area (Å²) < 4.78 is 6.50. The summed E-state index contributed by atoms with van der Waals surface area (Å²) in [6.07, 6.45) is 1.77. The first-order chi connectivity index (χ1) is 10.7. The molecule has 0 aliphatic carbocycles. The van der Waals surface area contributed by atoms with Gasteiger partial charge in [-0.15, -0.1) is 0 Å². The third kappa shape index (κ3) is 6.15. The number of nitrogens with zero attached hydrogens (tertiary/aromatic N) is 1. The van der Waals surface area contributed by atoms with E-state index in [-0.39, 0.29) is 12.1 Å². The van der Waals surface area contributed by atoms with Crippen molar-refractivity contribution < 1.29 is 9.53 Å². The number of benzene rings is 1. The zero-order chi connectivity index (χ0) is 17.0. The van der Waals surface area contributed by atoms with E-state index in [2.05, 4.69) is 51.3 Å². The van der Waals surface area contributed by atoms with E-state index in [0.717, 1.165) is 36.9 Å². The number of halogens is 1. The van der Waals surface area contributed by atoms with Crippen LogP contribution in [0.1, 0.15) is 44.7 Å². The Morgan fingerprint density at radius 1 is 1.43 bits per heavy atom. The number of likely N-dealkylation sites (tertiary alicyclic amines) is 1. The Balaban J connectivity index is 1.90. The van der Waals surface area contributed by atoms with Crippen LogP contribution in [0.2, 0.25) is 0 Å². The smallest absolute Gasteiger partial charge is 0.407 e. The van der Waals surface area contributed by atoms with Crippen molar-refractivity contribution >= 4 is 22.0 Å². The second-order valence-corrected chi connectivity index (χ2v) is 8.17. The van der Waals surface area contributed by atoms with E-state index in [1.807, 2.05) is 20.8 Å². The van der Waals surface area contributed by atoms with Crippen molar-refractivity contribution in [2.45, 2.75) is 58.7 Å². The molecule has 1 heterocycles. The van der Waals surface area contributed by atoms with Gasteiger partial charge in [0.15, 0.2) is 0 Å². The molecule has 0 unspecified atom stereocenters. The van der Waals surface area contributed by atoms with Crippen molar-refractivity contribution in [1.82, 2.24) is 10.2 Å². The van der Waals surface area contributed by atoms with Gasteiger partial charge in [-0.05, 0) is 58.7 Å². The molecular formula is C18H27BrN2O2. The number of piperidine rings is 1. The van der Waals surface area contributed by atoms with Gasteiger partial charge in [0.25, 0.3) is 0 Å². The summed E-state index contributed by atoms with van der Waals surface area (Å²) in [7, 11) is 0. The van der Waals surface area contributed by atoms with Crippen molar-refractivity contribution in [1.29, 1.82) is 0 Å². The molecule has 128 valence electrons. The van der Waals surface area contributed by atoms with E-state index in [1.165, 1.54) is 11.1 Å². The molecule has 2 rings (SSSR count). The highest BCUT2D eigenvalue weighted by Gasteiger charge is 2.24. The summed E-state index contributed by atoms with van der Waals surface area (Å²) in [4.78, 5) is 14.3. The first-order valence-corrected chi connectivity index (χ1v) is 8.99. The first kappa shape index (κ1) is 18.3. The number of carbonyl (C=O) groups excluding carboxylic acids is 1. The van der Waals surface area contributed by atoms with Gasteiger partial charge in [-0.25, -0.2) is 4.79 Å². The van der Waals surface area contributed by atoms with Gasteiger partial charge >= 0.3 is 6.09 Å². The molecule has 0 spiro atoms. The number of carbonyl (C=O) groups is 1. The van der Waals surface area contributed by atoms with Crippen LogP contribution in [-0.4, -0.2) is 35.7 Å². The number of aryl methyl sites for hydroxylation is 1. The third-order valence-electron chi connectivity index (χ3n) is 3.82. The molecule has 5 heteroatoms. The van der Waals surface area contributed by atoms with Crippen LogP contribution in [0.5, 0.6) is 0 Å². The SMILES string of the molecule is Cc1ccc(Br)c(CN2CCC[C@@H](NC(=O)OC(C)(C)C)C2)c1. The molecule has 1 aliphatic heterocycles. The summed E-state index contributed by atoms with van der Waals surface area (Å²) in [6.45, 7) is 10.6. The van der Waals surface area contributed by atoms with E-state index in [1.54, 1.807) is 0 Å². The second kappa shape index (κ2) is 7.67. The molecule has 23 heavy (non-hydrogen) atoms. The molecule has 1 amide bonds. The zero-order valence-electron chi connectivity index (χ0n) is 14.5. The normalized spacial score (nSPS) is 19.4. The van der Waals surface area contributed by atoms with Crippen molar-refractivity contribution in [3.8, 4) is 0 Å². The Hall–Kier alpha value is -1.07. The molecule has 1 saturated heterocycles. The van der Waals surface area contributed by atoms with Crippen molar-refractivity contribution in [3.63, 3.8) is 0 Å². The van der Waals surface area contributed by atoms with Crippen LogP contribution in [0.15, 0.2) is 22.7 Å². The lowest BCUT2D eigenvalue weighted by Crippen LogP contribution is -2.48. The fourth-order valence-corrected chi connectivity index (χ4v) is 3.23. The van der Waals surface area contributed by atoms with Crippen molar-refractivity contribution in [2.75, 3.05) is 13.1 Å². The number of alkyl carbamates (subject to hydrolysis) is 1. The predicted molar refractivity (Wildman–Crippen MR) is 96.5 cm³/mol. The Kier molecular flexibility index (Phi) is 6.09. The molecule has 0 aromatic heterocycles. The lowest BCUT2D eigenvalue weighted by Gasteiger charge is -2.33. The Bertz CT molecular complexity index is 554. The molecule has 1 fully saturated rings. The van der Waals surface area contributed by atoms with Gasteiger partial charge in [0, 0.05) is 23.6 Å². The van der Waals surface area contributed by atoms with Crippen LogP contribution in [0.4, 0.5) is 4.79 Å². The van der Waals surface area contributed by atoms with Crippen molar-refractivity contribution in [2.24, 2.45) is 0 Å². The highest BCUT2D eigenvalue weighted by molar-refractivity contribution is 9.10. The molecular weight excluding hydrogens is 356 g/mol. The molecule has 1 aromatic carbocycles. The van der Waals surface area contributed by atoms with Gasteiger partial charge in [0.2, 0.25) is 0 Å². The topological polar surface area (TPSA) is 41.6 Å². The molecule has 1 aliphatic rings. The minimum atomic E-state index is -0.454. The fourth-order valence-electron chi connectivity index (χ4n) is 2.86. The lowest BCUT2D eigenvalue weighted by atomic mass is 10.0. The standard InChI is InChI=1S/C18H27BrN2O2/c1-13-7-8-16(19)14(10-13)11-21-9-5-6-15(12-21)20-17(22)23-18(2,3)4/h7-8,10,15H,5-6,9,11-12H2,1-4H3,(H,20,22)/t15-/m1/s1. The quantitative estimate of drug-likeness (QED) is 0.849. The maximum atomic E-state index is 11.9. The molecule has 0 saturated carbocycles. The lowest BCUT2D eigenvalue weighted by molar-refractivity contribution is 0.0470. The predicted octanol–water partition coefficient (Wildman–Crippen LogP) is 4.25. The average molecular weight is 383 g/mol. The van der Waals surface area contributed by atoms with Gasteiger partial charge < -0.3 is 10.1 Å². The summed E-state index contributed by atoms with van der Waals surface area (Å²) >= 11 is 3.63. The van der Waals surface area contributed by atoms with E-state index < -0.39 is 5.60 Å². The maximum Gasteiger partial charge on any atom is 0.407 e. The summed E-state index contributed by atoms with van der Waals surface area (Å²) in [5, 5.41) is 3.00. The van der Waals surface area contributed by atoms with Crippen molar-refractivity contribution in [3.05, 3.63) is 33.8 Å². The minimum absolute atomic E-state index is 0.155. The Morgan fingerprint density at radius 3 is 2.87 bits per heavy atom.